The summed E-state index contributed by atoms with van der Waals surface area (Å²) in [4.78, 5) is 12.5. The van der Waals surface area contributed by atoms with Crippen molar-refractivity contribution in [1.29, 1.82) is 0 Å². The van der Waals surface area contributed by atoms with Crippen LogP contribution in [-0.2, 0) is 11.3 Å². The average molecular weight is 466 g/mol. The molecule has 3 aromatic rings. The van der Waals surface area contributed by atoms with Crippen LogP contribution in [0.4, 0.5) is 24.5 Å². The third-order valence-electron chi connectivity index (χ3n) is 4.42. The first-order valence-electron chi connectivity index (χ1n) is 9.85. The van der Waals surface area contributed by atoms with Crippen molar-refractivity contribution in [3.8, 4) is 17.1 Å². The molecule has 1 aromatic heterocycles. The molecule has 0 saturated carbocycles. The molecule has 0 spiro atoms. The highest BCUT2D eigenvalue weighted by Crippen LogP contribution is 2.24. The fourth-order valence-electron chi connectivity index (χ4n) is 2.98. The van der Waals surface area contributed by atoms with Crippen molar-refractivity contribution < 1.29 is 22.7 Å². The van der Waals surface area contributed by atoms with E-state index in [0.29, 0.717) is 17.2 Å². The molecule has 7 nitrogen and oxygen atoms in total. The van der Waals surface area contributed by atoms with Gasteiger partial charge in [-0.15, -0.1) is 0 Å². The van der Waals surface area contributed by atoms with Crippen LogP contribution in [0.25, 0.3) is 11.4 Å². The zero-order valence-corrected chi connectivity index (χ0v) is 18.0. The van der Waals surface area contributed by atoms with Crippen LogP contribution in [0.2, 0.25) is 0 Å². The number of carbonyl (C=O) groups is 1. The number of ether oxygens (including phenoxy) is 1. The first-order valence-corrected chi connectivity index (χ1v) is 10.3. The minimum Gasteiger partial charge on any atom is -0.494 e. The fraction of sp³-hybridized carbons (Fsp3) is 0.286. The minimum atomic E-state index is -4.37. The van der Waals surface area contributed by atoms with E-state index in [1.807, 2.05) is 31.2 Å². The van der Waals surface area contributed by atoms with Gasteiger partial charge in [-0.2, -0.15) is 18.3 Å². The van der Waals surface area contributed by atoms with E-state index in [9.17, 15) is 18.0 Å². The smallest absolute Gasteiger partial charge is 0.405 e. The lowest BCUT2D eigenvalue weighted by atomic mass is 10.2. The van der Waals surface area contributed by atoms with Gasteiger partial charge in [-0.3, -0.25) is 14.5 Å². The molecule has 0 atom stereocenters. The van der Waals surface area contributed by atoms with Gasteiger partial charge in [-0.1, -0.05) is 12.1 Å². The van der Waals surface area contributed by atoms with Crippen LogP contribution in [0, 0.1) is 4.77 Å². The zero-order valence-electron chi connectivity index (χ0n) is 17.2. The first-order chi connectivity index (χ1) is 15.3. The van der Waals surface area contributed by atoms with Gasteiger partial charge in [0.15, 0.2) is 10.6 Å². The lowest BCUT2D eigenvalue weighted by molar-refractivity contribution is -0.116. The summed E-state index contributed by atoms with van der Waals surface area (Å²) >= 11 is 5.28. The second-order valence-electron chi connectivity index (χ2n) is 6.77. The van der Waals surface area contributed by atoms with E-state index in [1.165, 1.54) is 12.1 Å². The number of H-pyrrole nitrogens is 1. The van der Waals surface area contributed by atoms with Gasteiger partial charge in [0.1, 0.15) is 12.3 Å². The molecule has 0 saturated heterocycles. The number of halogens is 3. The molecule has 0 radical (unpaired) electrons. The summed E-state index contributed by atoms with van der Waals surface area (Å²) in [6.07, 6.45) is -4.32. The predicted molar refractivity (Wildman–Crippen MR) is 118 cm³/mol. The molecule has 0 unspecified atom stereocenters. The van der Waals surface area contributed by atoms with Crippen LogP contribution in [0.3, 0.4) is 0 Å². The van der Waals surface area contributed by atoms with Crippen molar-refractivity contribution in [3.05, 3.63) is 53.3 Å². The van der Waals surface area contributed by atoms with Crippen molar-refractivity contribution in [1.82, 2.24) is 14.8 Å². The maximum atomic E-state index is 12.5. The molecule has 32 heavy (non-hydrogen) atoms. The predicted octanol–water partition coefficient (Wildman–Crippen LogP) is 5.01. The van der Waals surface area contributed by atoms with E-state index in [0.717, 1.165) is 11.3 Å². The average Bonchev–Trinajstić information content (AvgIpc) is 3.12. The maximum Gasteiger partial charge on any atom is 0.405 e. The van der Waals surface area contributed by atoms with Crippen molar-refractivity contribution in [3.63, 3.8) is 0 Å². The SMILES string of the molecule is CCOc1ccc(-c2n[nH]c(=S)n2CCC(=O)Nc2ccccc2NCC(F)(F)F)cc1. The Morgan fingerprint density at radius 2 is 1.84 bits per heavy atom. The minimum absolute atomic E-state index is 0.0471. The number of para-hydroxylation sites is 2. The number of nitrogens with zero attached hydrogens (tertiary/aromatic N) is 2. The van der Waals surface area contributed by atoms with Gasteiger partial charge >= 0.3 is 6.18 Å². The maximum absolute atomic E-state index is 12.5. The molecule has 0 aliphatic heterocycles. The van der Waals surface area contributed by atoms with Crippen LogP contribution < -0.4 is 15.4 Å². The third-order valence-corrected chi connectivity index (χ3v) is 4.74. The van der Waals surface area contributed by atoms with Crippen LogP contribution in [0.5, 0.6) is 5.75 Å². The molecule has 0 fully saturated rings. The molecule has 3 rings (SSSR count). The Bertz CT molecular complexity index is 1110. The highest BCUT2D eigenvalue weighted by atomic mass is 32.1. The molecule has 3 N–H and O–H groups in total. The van der Waals surface area contributed by atoms with Gasteiger partial charge in [-0.05, 0) is 55.5 Å². The first kappa shape index (κ1) is 23.3. The Morgan fingerprint density at radius 3 is 2.50 bits per heavy atom. The highest BCUT2D eigenvalue weighted by molar-refractivity contribution is 7.71. The largest absolute Gasteiger partial charge is 0.494 e. The summed E-state index contributed by atoms with van der Waals surface area (Å²) in [5.74, 6) is 0.930. The summed E-state index contributed by atoms with van der Waals surface area (Å²) in [5, 5.41) is 11.9. The fourth-order valence-corrected chi connectivity index (χ4v) is 3.20. The Morgan fingerprint density at radius 1 is 1.16 bits per heavy atom. The number of carbonyl (C=O) groups excluding carboxylic acids is 1. The van der Waals surface area contributed by atoms with Crippen LogP contribution >= 0.6 is 12.2 Å². The molecule has 11 heteroatoms. The molecule has 0 bridgehead atoms. The van der Waals surface area contributed by atoms with Crippen molar-refractivity contribution in [2.45, 2.75) is 26.1 Å². The monoisotopic (exact) mass is 465 g/mol. The van der Waals surface area contributed by atoms with E-state index in [4.69, 9.17) is 17.0 Å². The Balaban J connectivity index is 1.66. The number of amides is 1. The lowest BCUT2D eigenvalue weighted by Crippen LogP contribution is -2.22. The number of anilines is 2. The number of alkyl halides is 3. The molecule has 0 aliphatic rings. The molecule has 1 heterocycles. The summed E-state index contributed by atoms with van der Waals surface area (Å²) < 4.78 is 45.0. The Kier molecular flexibility index (Phi) is 7.52. The van der Waals surface area contributed by atoms with E-state index < -0.39 is 12.7 Å². The van der Waals surface area contributed by atoms with Crippen molar-refractivity contribution in [2.75, 3.05) is 23.8 Å². The lowest BCUT2D eigenvalue weighted by Gasteiger charge is -2.14. The van der Waals surface area contributed by atoms with E-state index in [1.54, 1.807) is 16.7 Å². The van der Waals surface area contributed by atoms with Gasteiger partial charge in [0.2, 0.25) is 5.91 Å². The van der Waals surface area contributed by atoms with Crippen LogP contribution in [-0.4, -0.2) is 40.0 Å². The van der Waals surface area contributed by atoms with Crippen molar-refractivity contribution in [2.24, 2.45) is 0 Å². The van der Waals surface area contributed by atoms with Gasteiger partial charge in [0.25, 0.3) is 0 Å². The molecule has 0 aliphatic carbocycles. The Hall–Kier alpha value is -3.34. The number of hydrogen-bond acceptors (Lipinski definition) is 5. The summed E-state index contributed by atoms with van der Waals surface area (Å²) in [6.45, 7) is 1.49. The third kappa shape index (κ3) is 6.33. The summed E-state index contributed by atoms with van der Waals surface area (Å²) in [6, 6.07) is 13.5. The molecular weight excluding hydrogens is 443 g/mol. The number of nitrogens with one attached hydrogen (secondary N) is 3. The van der Waals surface area contributed by atoms with Gasteiger partial charge in [-0.25, -0.2) is 0 Å². The standard InChI is InChI=1S/C21H22F3N5O2S/c1-2-31-15-9-7-14(8-10-15)19-27-28-20(32)29(19)12-11-18(30)26-17-6-4-3-5-16(17)25-13-21(22,23)24/h3-10,25H,2,11-13H2,1H3,(H,26,30)(H,28,32). The number of rotatable bonds is 9. The summed E-state index contributed by atoms with van der Waals surface area (Å²) in [7, 11) is 0. The molecule has 2 aromatic carbocycles. The number of benzene rings is 2. The van der Waals surface area contributed by atoms with Crippen LogP contribution in [0.1, 0.15) is 13.3 Å². The molecule has 1 amide bonds. The van der Waals surface area contributed by atoms with E-state index in [2.05, 4.69) is 20.8 Å². The number of hydrogen-bond donors (Lipinski definition) is 3. The highest BCUT2D eigenvalue weighted by Gasteiger charge is 2.27. The molecule has 170 valence electrons. The van der Waals surface area contributed by atoms with Crippen molar-refractivity contribution >= 4 is 29.5 Å². The number of aromatic amines is 1. The molecular formula is C21H22F3N5O2S. The van der Waals surface area contributed by atoms with Gasteiger partial charge in [0, 0.05) is 18.5 Å². The quantitative estimate of drug-likeness (QED) is 0.387. The van der Waals surface area contributed by atoms with E-state index >= 15 is 0 Å². The van der Waals surface area contributed by atoms with Crippen LogP contribution in [0.15, 0.2) is 48.5 Å². The Labute approximate surface area is 187 Å². The zero-order chi connectivity index (χ0) is 23.1. The topological polar surface area (TPSA) is 84.0 Å². The van der Waals surface area contributed by atoms with Gasteiger partial charge in [0.05, 0.1) is 18.0 Å². The van der Waals surface area contributed by atoms with Gasteiger partial charge < -0.3 is 15.4 Å². The summed E-state index contributed by atoms with van der Waals surface area (Å²) in [5.41, 5.74) is 1.25. The van der Waals surface area contributed by atoms with E-state index in [-0.39, 0.29) is 30.2 Å². The second-order valence-corrected chi connectivity index (χ2v) is 7.16. The number of aromatic nitrogens is 3. The normalized spacial score (nSPS) is 11.2. The second kappa shape index (κ2) is 10.3.